The van der Waals surface area contributed by atoms with E-state index in [4.69, 9.17) is 33.2 Å². The van der Waals surface area contributed by atoms with E-state index in [2.05, 4.69) is 33.8 Å². The number of esters is 1. The van der Waals surface area contributed by atoms with Gasteiger partial charge in [0, 0.05) is 16.2 Å². The van der Waals surface area contributed by atoms with Gasteiger partial charge < -0.3 is 89.3 Å². The zero-order chi connectivity index (χ0) is 49.1. The number of carbonyl (C=O) groups excluding carboxylic acids is 1. The molecule has 8 rings (SSSR count). The Morgan fingerprint density at radius 2 is 1.36 bits per heavy atom. The molecule has 8 aliphatic rings. The van der Waals surface area contributed by atoms with E-state index in [1.165, 1.54) is 12.5 Å². The van der Waals surface area contributed by atoms with E-state index >= 15 is 0 Å². The van der Waals surface area contributed by atoms with Crippen molar-refractivity contribution in [3.63, 3.8) is 0 Å². The fourth-order valence-corrected chi connectivity index (χ4v) is 15.0. The first kappa shape index (κ1) is 51.9. The minimum Gasteiger partial charge on any atom is -0.467 e. The summed E-state index contributed by atoms with van der Waals surface area (Å²) in [5, 5.41) is 121. The first-order valence-electron chi connectivity index (χ1n) is 24.3. The summed E-state index contributed by atoms with van der Waals surface area (Å²) >= 11 is 0. The summed E-state index contributed by atoms with van der Waals surface area (Å²) in [6.07, 6.45) is -17.9. The lowest BCUT2D eigenvalue weighted by molar-refractivity contribution is -0.387. The summed E-state index contributed by atoms with van der Waals surface area (Å²) < 4.78 is 41.4. The summed E-state index contributed by atoms with van der Waals surface area (Å²) in [6.45, 7) is 13.4. The predicted octanol–water partition coefficient (Wildman–Crippen LogP) is -0.625. The molecule has 67 heavy (non-hydrogen) atoms. The van der Waals surface area contributed by atoms with E-state index in [0.29, 0.717) is 19.3 Å². The first-order chi connectivity index (χ1) is 31.3. The highest BCUT2D eigenvalue weighted by molar-refractivity contribution is 5.75. The number of ether oxygens (including phenoxy) is 7. The molecule has 19 nitrogen and oxygen atoms in total. The van der Waals surface area contributed by atoms with Gasteiger partial charge in [-0.15, -0.1) is 0 Å². The zero-order valence-corrected chi connectivity index (χ0v) is 40.1. The van der Waals surface area contributed by atoms with Gasteiger partial charge in [0.05, 0.1) is 51.3 Å². The van der Waals surface area contributed by atoms with Crippen LogP contribution in [0.5, 0.6) is 0 Å². The van der Waals surface area contributed by atoms with Gasteiger partial charge in [-0.3, -0.25) is 0 Å². The van der Waals surface area contributed by atoms with Crippen LogP contribution in [0, 0.1) is 50.2 Å². The molecule has 0 aromatic carbocycles. The molecule has 0 spiro atoms. The molecule has 7 fully saturated rings. The van der Waals surface area contributed by atoms with Gasteiger partial charge in [0.25, 0.3) is 0 Å². The molecule has 0 aromatic heterocycles. The number of allylic oxidation sites excluding steroid dienone is 2. The van der Waals surface area contributed by atoms with Crippen molar-refractivity contribution in [1.29, 1.82) is 0 Å². The van der Waals surface area contributed by atoms with Gasteiger partial charge in [0.15, 0.2) is 25.0 Å². The van der Waals surface area contributed by atoms with Crippen LogP contribution in [-0.2, 0) is 38.0 Å². The number of hydrogen-bond donors (Lipinski definition) is 11. The van der Waals surface area contributed by atoms with E-state index in [1.54, 1.807) is 0 Å². The highest BCUT2D eigenvalue weighted by atomic mass is 16.8. The molecule has 0 amide bonds. The lowest BCUT2D eigenvalue weighted by Gasteiger charge is -2.72. The molecule has 0 bridgehead atoms. The van der Waals surface area contributed by atoms with Crippen LogP contribution >= 0.6 is 0 Å². The van der Waals surface area contributed by atoms with Gasteiger partial charge in [-0.05, 0) is 92.3 Å². The van der Waals surface area contributed by atoms with Gasteiger partial charge in [-0.2, -0.15) is 0 Å². The molecule has 0 radical (unpaired) electrons. The molecule has 384 valence electrons. The van der Waals surface area contributed by atoms with Crippen molar-refractivity contribution < 1.29 is 94.1 Å². The van der Waals surface area contributed by atoms with Crippen LogP contribution in [0.15, 0.2) is 11.6 Å². The van der Waals surface area contributed by atoms with E-state index in [1.807, 2.05) is 13.8 Å². The number of aliphatic hydroxyl groups excluding tert-OH is 11. The largest absolute Gasteiger partial charge is 0.467 e. The fraction of sp³-hybridized carbons (Fsp3) is 0.938. The molecule has 26 atom stereocenters. The quantitative estimate of drug-likeness (QED) is 0.0779. The van der Waals surface area contributed by atoms with Gasteiger partial charge in [0.2, 0.25) is 0 Å². The number of aliphatic hydroxyl groups is 11. The minimum atomic E-state index is -1.91. The van der Waals surface area contributed by atoms with Gasteiger partial charge in [0.1, 0.15) is 54.9 Å². The third-order valence-corrected chi connectivity index (χ3v) is 19.8. The standard InChI is InChI=1S/C48H78O19/c1-21-28(52)30(54)33(57)40(63-21)66-35-29(53)24(51)18-62-41(35)67-36-32(56)31(55)34(39(60)61-8)65-42(36)64-27-12-13-45(4)25(46(27,5)20-50)11-14-48(7)26(45)10-9-22-23-17-43(2,19-49)37(58)38(59)44(23,3)15-16-47(22,48)6/h9,21,23-38,40-42,49-59H,10-20H2,1-8H3. The summed E-state index contributed by atoms with van der Waals surface area (Å²) in [7, 11) is 1.10. The van der Waals surface area contributed by atoms with Crippen LogP contribution in [0.1, 0.15) is 99.8 Å². The Morgan fingerprint density at radius 1 is 0.687 bits per heavy atom. The molecular weight excluding hydrogens is 881 g/mol. The Kier molecular flexibility index (Phi) is 14.1. The highest BCUT2D eigenvalue weighted by Crippen LogP contribution is 2.76. The molecule has 0 aromatic rings. The van der Waals surface area contributed by atoms with Crippen molar-refractivity contribution in [1.82, 2.24) is 0 Å². The molecule has 3 heterocycles. The van der Waals surface area contributed by atoms with Gasteiger partial charge >= 0.3 is 5.97 Å². The lowest BCUT2D eigenvalue weighted by Crippen LogP contribution is -2.68. The molecule has 11 N–H and O–H groups in total. The maximum absolute atomic E-state index is 13.0. The molecule has 3 aliphatic heterocycles. The van der Waals surface area contributed by atoms with Crippen molar-refractivity contribution in [3.8, 4) is 0 Å². The van der Waals surface area contributed by atoms with E-state index < -0.39 is 133 Å². The van der Waals surface area contributed by atoms with Crippen LogP contribution in [0.25, 0.3) is 0 Å². The normalized spacial score (nSPS) is 56.7. The van der Waals surface area contributed by atoms with Crippen LogP contribution < -0.4 is 0 Å². The monoisotopic (exact) mass is 959 g/mol. The van der Waals surface area contributed by atoms with Crippen molar-refractivity contribution in [2.45, 2.75) is 204 Å². The Labute approximate surface area is 392 Å². The Balaban J connectivity index is 1.07. The van der Waals surface area contributed by atoms with E-state index in [-0.39, 0.29) is 47.2 Å². The number of fused-ring (bicyclic) bond motifs is 7. The van der Waals surface area contributed by atoms with Crippen LogP contribution in [-0.4, -0.2) is 193 Å². The van der Waals surface area contributed by atoms with Crippen LogP contribution in [0.2, 0.25) is 0 Å². The predicted molar refractivity (Wildman–Crippen MR) is 232 cm³/mol. The van der Waals surface area contributed by atoms with Crippen molar-refractivity contribution in [2.24, 2.45) is 50.2 Å². The smallest absolute Gasteiger partial charge is 0.337 e. The van der Waals surface area contributed by atoms with E-state index in [0.717, 1.165) is 39.2 Å². The number of rotatable bonds is 9. The Morgan fingerprint density at radius 3 is 2.01 bits per heavy atom. The number of methoxy groups -OCH3 is 1. The Bertz CT molecular complexity index is 1840. The summed E-state index contributed by atoms with van der Waals surface area (Å²) in [6, 6.07) is 0. The lowest BCUT2D eigenvalue weighted by atomic mass is 9.33. The Hall–Kier alpha value is -1.47. The fourth-order valence-electron chi connectivity index (χ4n) is 15.0. The van der Waals surface area contributed by atoms with Gasteiger partial charge in [-0.25, -0.2) is 4.79 Å². The molecule has 5 aliphatic carbocycles. The summed E-state index contributed by atoms with van der Waals surface area (Å²) in [5.74, 6) is -0.949. The molecule has 3 saturated heterocycles. The molecule has 26 unspecified atom stereocenters. The maximum Gasteiger partial charge on any atom is 0.337 e. The van der Waals surface area contributed by atoms with E-state index in [9.17, 15) is 61.0 Å². The summed E-state index contributed by atoms with van der Waals surface area (Å²) in [5.41, 5.74) is -1.76. The highest BCUT2D eigenvalue weighted by Gasteiger charge is 2.70. The number of hydrogen-bond acceptors (Lipinski definition) is 19. The third-order valence-electron chi connectivity index (χ3n) is 19.8. The zero-order valence-electron chi connectivity index (χ0n) is 40.1. The maximum atomic E-state index is 13.0. The van der Waals surface area contributed by atoms with Crippen molar-refractivity contribution in [2.75, 3.05) is 26.9 Å². The minimum absolute atomic E-state index is 0.0303. The second kappa shape index (κ2) is 18.2. The second-order valence-corrected chi connectivity index (χ2v) is 23.2. The third kappa shape index (κ3) is 7.83. The average Bonchev–Trinajstić information content (AvgIpc) is 3.30. The SMILES string of the molecule is COC(=O)C1OC(OC2CCC3(C)C(CCC4(C)C3CC=C3C5CC(C)(CO)C(O)C(O)C5(C)CCC34C)C2(C)CO)C(OC2OCC(O)C(O)C2OC2OC(C)C(O)C(O)C2O)C(O)C1O. The topological polar surface area (TPSA) is 304 Å². The molecular formula is C48H78O19. The average molecular weight is 959 g/mol. The number of carbonyl (C=O) groups is 1. The molecule has 19 heteroatoms. The van der Waals surface area contributed by atoms with Crippen molar-refractivity contribution in [3.05, 3.63) is 11.6 Å². The summed E-state index contributed by atoms with van der Waals surface area (Å²) in [4.78, 5) is 13.0. The van der Waals surface area contributed by atoms with Crippen LogP contribution in [0.3, 0.4) is 0 Å². The van der Waals surface area contributed by atoms with Crippen LogP contribution in [0.4, 0.5) is 0 Å². The second-order valence-electron chi connectivity index (χ2n) is 23.2. The van der Waals surface area contributed by atoms with Gasteiger partial charge in [-0.1, -0.05) is 53.2 Å². The van der Waals surface area contributed by atoms with Crippen molar-refractivity contribution >= 4 is 5.97 Å². The first-order valence-corrected chi connectivity index (χ1v) is 24.3. The molecule has 4 saturated carbocycles.